The monoisotopic (exact) mass is 327 g/mol. The zero-order chi connectivity index (χ0) is 16.9. The van der Waals surface area contributed by atoms with E-state index in [2.05, 4.69) is 15.5 Å². The van der Waals surface area contributed by atoms with Crippen LogP contribution in [0.2, 0.25) is 0 Å². The standard InChI is InChI=1S/C18H18FN3O2/c1-12-21-17(24-22-12)11-20-18(13-3-7-15(19)8-4-13)14-5-9-16(23-2)10-6-14/h3-10,18,20H,11H2,1-2H3/t18-/m0/s1. The predicted octanol–water partition coefficient (Wildman–Crippen LogP) is 3.40. The maximum absolute atomic E-state index is 13.2. The summed E-state index contributed by atoms with van der Waals surface area (Å²) in [7, 11) is 1.63. The summed E-state index contributed by atoms with van der Waals surface area (Å²) in [6, 6.07) is 14.0. The predicted molar refractivity (Wildman–Crippen MR) is 87.1 cm³/mol. The summed E-state index contributed by atoms with van der Waals surface area (Å²) in [6.45, 7) is 2.18. The van der Waals surface area contributed by atoms with Crippen LogP contribution in [-0.2, 0) is 6.54 Å². The molecule has 1 N–H and O–H groups in total. The van der Waals surface area contributed by atoms with Crippen molar-refractivity contribution in [2.45, 2.75) is 19.5 Å². The molecule has 0 aliphatic heterocycles. The number of halogens is 1. The van der Waals surface area contributed by atoms with Gasteiger partial charge in [-0.25, -0.2) is 4.39 Å². The summed E-state index contributed by atoms with van der Waals surface area (Å²) in [5.41, 5.74) is 1.97. The molecule has 0 saturated heterocycles. The van der Waals surface area contributed by atoms with E-state index in [0.29, 0.717) is 18.3 Å². The van der Waals surface area contributed by atoms with Gasteiger partial charge in [0.2, 0.25) is 5.89 Å². The minimum Gasteiger partial charge on any atom is -0.497 e. The first-order valence-corrected chi connectivity index (χ1v) is 7.57. The van der Waals surface area contributed by atoms with Crippen molar-refractivity contribution in [3.63, 3.8) is 0 Å². The molecule has 0 unspecified atom stereocenters. The topological polar surface area (TPSA) is 60.2 Å². The molecule has 1 atom stereocenters. The Kier molecular flexibility index (Phi) is 4.86. The second-order valence-electron chi connectivity index (χ2n) is 5.37. The van der Waals surface area contributed by atoms with Crippen molar-refractivity contribution in [3.05, 3.63) is 77.2 Å². The molecule has 2 aromatic carbocycles. The molecule has 24 heavy (non-hydrogen) atoms. The highest BCUT2D eigenvalue weighted by molar-refractivity contribution is 5.35. The molecule has 1 heterocycles. The summed E-state index contributed by atoms with van der Waals surface area (Å²) < 4.78 is 23.6. The van der Waals surface area contributed by atoms with Crippen LogP contribution in [0.5, 0.6) is 5.75 Å². The van der Waals surface area contributed by atoms with E-state index in [4.69, 9.17) is 9.26 Å². The highest BCUT2D eigenvalue weighted by Gasteiger charge is 2.15. The van der Waals surface area contributed by atoms with E-state index >= 15 is 0 Å². The third-order valence-electron chi connectivity index (χ3n) is 3.68. The van der Waals surface area contributed by atoms with Crippen molar-refractivity contribution in [2.24, 2.45) is 0 Å². The smallest absolute Gasteiger partial charge is 0.240 e. The van der Waals surface area contributed by atoms with Crippen molar-refractivity contribution in [3.8, 4) is 5.75 Å². The number of aromatic nitrogens is 2. The average Bonchev–Trinajstić information content (AvgIpc) is 3.02. The quantitative estimate of drug-likeness (QED) is 0.752. The maximum Gasteiger partial charge on any atom is 0.240 e. The van der Waals surface area contributed by atoms with Gasteiger partial charge in [-0.15, -0.1) is 0 Å². The highest BCUT2D eigenvalue weighted by atomic mass is 19.1. The van der Waals surface area contributed by atoms with Crippen LogP contribution in [0.25, 0.3) is 0 Å². The van der Waals surface area contributed by atoms with Crippen LogP contribution in [-0.4, -0.2) is 17.3 Å². The molecular weight excluding hydrogens is 309 g/mol. The second-order valence-corrected chi connectivity index (χ2v) is 5.37. The van der Waals surface area contributed by atoms with Crippen molar-refractivity contribution in [2.75, 3.05) is 7.11 Å². The van der Waals surface area contributed by atoms with Crippen LogP contribution in [0, 0.1) is 12.7 Å². The molecular formula is C18H18FN3O2. The SMILES string of the molecule is COc1ccc([C@@H](NCc2nc(C)no2)c2ccc(F)cc2)cc1. The molecule has 0 amide bonds. The number of rotatable bonds is 6. The van der Waals surface area contributed by atoms with Gasteiger partial charge >= 0.3 is 0 Å². The first-order valence-electron chi connectivity index (χ1n) is 7.57. The molecule has 0 bridgehead atoms. The zero-order valence-electron chi connectivity index (χ0n) is 13.5. The zero-order valence-corrected chi connectivity index (χ0v) is 13.5. The molecule has 3 aromatic rings. The normalized spacial score (nSPS) is 12.1. The van der Waals surface area contributed by atoms with Crippen LogP contribution in [0.4, 0.5) is 4.39 Å². The second kappa shape index (κ2) is 7.23. The third kappa shape index (κ3) is 3.78. The van der Waals surface area contributed by atoms with Gasteiger partial charge in [-0.3, -0.25) is 5.32 Å². The van der Waals surface area contributed by atoms with E-state index in [1.54, 1.807) is 26.2 Å². The number of hydrogen-bond acceptors (Lipinski definition) is 5. The fourth-order valence-corrected chi connectivity index (χ4v) is 2.48. The van der Waals surface area contributed by atoms with Crippen molar-refractivity contribution in [1.82, 2.24) is 15.5 Å². The molecule has 0 aliphatic rings. The van der Waals surface area contributed by atoms with Gasteiger partial charge in [-0.05, 0) is 42.3 Å². The Hall–Kier alpha value is -2.73. The lowest BCUT2D eigenvalue weighted by atomic mass is 9.98. The summed E-state index contributed by atoms with van der Waals surface area (Å²) in [4.78, 5) is 4.19. The molecule has 5 nitrogen and oxygen atoms in total. The number of benzene rings is 2. The van der Waals surface area contributed by atoms with Gasteiger partial charge in [-0.1, -0.05) is 29.4 Å². The van der Waals surface area contributed by atoms with E-state index in [1.807, 2.05) is 24.3 Å². The van der Waals surface area contributed by atoms with Gasteiger partial charge in [-0.2, -0.15) is 4.98 Å². The van der Waals surface area contributed by atoms with E-state index in [0.717, 1.165) is 16.9 Å². The highest BCUT2D eigenvalue weighted by Crippen LogP contribution is 2.25. The van der Waals surface area contributed by atoms with Crippen LogP contribution in [0.1, 0.15) is 28.9 Å². The fraction of sp³-hybridized carbons (Fsp3) is 0.222. The number of ether oxygens (including phenoxy) is 1. The van der Waals surface area contributed by atoms with Gasteiger partial charge < -0.3 is 9.26 Å². The Morgan fingerprint density at radius 1 is 1.08 bits per heavy atom. The molecule has 0 radical (unpaired) electrons. The number of nitrogens with zero attached hydrogens (tertiary/aromatic N) is 2. The van der Waals surface area contributed by atoms with E-state index in [1.165, 1.54) is 12.1 Å². The Labute approximate surface area is 139 Å². The molecule has 124 valence electrons. The maximum atomic E-state index is 13.2. The Bertz CT molecular complexity index is 785. The van der Waals surface area contributed by atoms with E-state index < -0.39 is 0 Å². The first-order chi connectivity index (χ1) is 11.7. The lowest BCUT2D eigenvalue weighted by molar-refractivity contribution is 0.359. The van der Waals surface area contributed by atoms with Gasteiger partial charge in [0, 0.05) is 0 Å². The van der Waals surface area contributed by atoms with Crippen molar-refractivity contribution in [1.29, 1.82) is 0 Å². The van der Waals surface area contributed by atoms with Crippen molar-refractivity contribution >= 4 is 0 Å². The minimum absolute atomic E-state index is 0.135. The molecule has 3 rings (SSSR count). The molecule has 0 spiro atoms. The van der Waals surface area contributed by atoms with Gasteiger partial charge in [0.15, 0.2) is 5.82 Å². The number of methoxy groups -OCH3 is 1. The summed E-state index contributed by atoms with van der Waals surface area (Å²) in [6.07, 6.45) is 0. The van der Waals surface area contributed by atoms with Crippen LogP contribution < -0.4 is 10.1 Å². The van der Waals surface area contributed by atoms with Crippen LogP contribution in [0.3, 0.4) is 0 Å². The molecule has 0 fully saturated rings. The summed E-state index contributed by atoms with van der Waals surface area (Å²) in [5.74, 6) is 1.62. The minimum atomic E-state index is -0.264. The van der Waals surface area contributed by atoms with E-state index in [9.17, 15) is 4.39 Å². The third-order valence-corrected chi connectivity index (χ3v) is 3.68. The summed E-state index contributed by atoms with van der Waals surface area (Å²) >= 11 is 0. The molecule has 0 aliphatic carbocycles. The van der Waals surface area contributed by atoms with Gasteiger partial charge in [0.05, 0.1) is 19.7 Å². The molecule has 0 saturated carbocycles. The van der Waals surface area contributed by atoms with E-state index in [-0.39, 0.29) is 11.9 Å². The van der Waals surface area contributed by atoms with Crippen LogP contribution >= 0.6 is 0 Å². The van der Waals surface area contributed by atoms with Crippen molar-refractivity contribution < 1.29 is 13.7 Å². The molecule has 1 aromatic heterocycles. The van der Waals surface area contributed by atoms with Gasteiger partial charge in [0.1, 0.15) is 11.6 Å². The number of aryl methyl sites for hydroxylation is 1. The lowest BCUT2D eigenvalue weighted by Crippen LogP contribution is -2.22. The Balaban J connectivity index is 1.85. The number of nitrogens with one attached hydrogen (secondary N) is 1. The lowest BCUT2D eigenvalue weighted by Gasteiger charge is -2.19. The largest absolute Gasteiger partial charge is 0.497 e. The fourth-order valence-electron chi connectivity index (χ4n) is 2.48. The Morgan fingerprint density at radius 2 is 1.71 bits per heavy atom. The summed E-state index contributed by atoms with van der Waals surface area (Å²) in [5, 5.41) is 7.16. The molecule has 6 heteroatoms. The Morgan fingerprint density at radius 3 is 2.25 bits per heavy atom. The van der Waals surface area contributed by atoms with Gasteiger partial charge in [0.25, 0.3) is 0 Å². The number of hydrogen-bond donors (Lipinski definition) is 1. The first kappa shape index (κ1) is 16.1. The van der Waals surface area contributed by atoms with Crippen LogP contribution in [0.15, 0.2) is 53.1 Å². The average molecular weight is 327 g/mol.